The van der Waals surface area contributed by atoms with Crippen LogP contribution in [0.2, 0.25) is 0 Å². The van der Waals surface area contributed by atoms with Gasteiger partial charge in [0.15, 0.2) is 0 Å². The van der Waals surface area contributed by atoms with Crippen LogP contribution >= 0.6 is 0 Å². The zero-order chi connectivity index (χ0) is 13.7. The number of anilines is 1. The molecule has 2 aromatic rings. The van der Waals surface area contributed by atoms with Crippen molar-refractivity contribution in [2.45, 2.75) is 6.42 Å². The van der Waals surface area contributed by atoms with E-state index in [-0.39, 0.29) is 18.3 Å². The number of benzene rings is 1. The molecule has 1 amide bonds. The number of ether oxygens (including phenoxy) is 1. The first-order valence-corrected chi connectivity index (χ1v) is 5.69. The minimum atomic E-state index is -0.356. The molecule has 0 radical (unpaired) electrons. The van der Waals surface area contributed by atoms with E-state index in [0.717, 1.165) is 0 Å². The molecule has 1 N–H and O–H groups in total. The van der Waals surface area contributed by atoms with E-state index in [9.17, 15) is 9.59 Å². The molecule has 0 unspecified atom stereocenters. The second-order valence-electron chi connectivity index (χ2n) is 3.88. The monoisotopic (exact) mass is 259 g/mol. The van der Waals surface area contributed by atoms with Gasteiger partial charge < -0.3 is 14.5 Å². The third-order valence-electron chi connectivity index (χ3n) is 2.61. The Labute approximate surface area is 110 Å². The van der Waals surface area contributed by atoms with Gasteiger partial charge in [-0.2, -0.15) is 0 Å². The average Bonchev–Trinajstić information content (AvgIpc) is 2.95. The minimum absolute atomic E-state index is 0.109. The number of methoxy groups -OCH3 is 1. The number of esters is 1. The van der Waals surface area contributed by atoms with E-state index in [1.807, 2.05) is 0 Å². The van der Waals surface area contributed by atoms with Gasteiger partial charge in [0, 0.05) is 5.69 Å². The fourth-order valence-corrected chi connectivity index (χ4v) is 1.61. The topological polar surface area (TPSA) is 68.5 Å². The van der Waals surface area contributed by atoms with E-state index in [4.69, 9.17) is 4.42 Å². The van der Waals surface area contributed by atoms with Crippen molar-refractivity contribution in [1.82, 2.24) is 0 Å². The van der Waals surface area contributed by atoms with Crippen LogP contribution in [0, 0.1) is 0 Å². The molecule has 0 aliphatic carbocycles. The van der Waals surface area contributed by atoms with E-state index in [1.165, 1.54) is 19.6 Å². The molecule has 2 rings (SSSR count). The van der Waals surface area contributed by atoms with Crippen molar-refractivity contribution in [2.24, 2.45) is 0 Å². The Morgan fingerprint density at radius 1 is 1.26 bits per heavy atom. The molecule has 19 heavy (non-hydrogen) atoms. The van der Waals surface area contributed by atoms with Crippen molar-refractivity contribution in [2.75, 3.05) is 12.4 Å². The highest BCUT2D eigenvalue weighted by molar-refractivity contribution is 6.04. The Bertz CT molecular complexity index is 575. The van der Waals surface area contributed by atoms with Crippen molar-refractivity contribution >= 4 is 17.6 Å². The molecule has 0 saturated carbocycles. The van der Waals surface area contributed by atoms with Crippen LogP contribution in [0.25, 0.3) is 0 Å². The number of hydrogen-bond donors (Lipinski definition) is 1. The third-order valence-corrected chi connectivity index (χ3v) is 2.61. The summed E-state index contributed by atoms with van der Waals surface area (Å²) < 4.78 is 9.47. The SMILES string of the molecule is COC(=O)Cc1ccccc1NC(=O)c1ccoc1. The summed E-state index contributed by atoms with van der Waals surface area (Å²) >= 11 is 0. The standard InChI is InChI=1S/C14H13NO4/c1-18-13(16)8-10-4-2-3-5-12(10)15-14(17)11-6-7-19-9-11/h2-7,9H,8H2,1H3,(H,15,17). The predicted octanol–water partition coefficient (Wildman–Crippen LogP) is 2.25. The molecule has 5 nitrogen and oxygen atoms in total. The smallest absolute Gasteiger partial charge is 0.310 e. The van der Waals surface area contributed by atoms with Gasteiger partial charge in [0.25, 0.3) is 5.91 Å². The Kier molecular flexibility index (Phi) is 3.97. The highest BCUT2D eigenvalue weighted by atomic mass is 16.5. The quantitative estimate of drug-likeness (QED) is 0.855. The van der Waals surface area contributed by atoms with Crippen LogP contribution < -0.4 is 5.32 Å². The Hall–Kier alpha value is -2.56. The van der Waals surface area contributed by atoms with Crippen LogP contribution in [0.5, 0.6) is 0 Å². The van der Waals surface area contributed by atoms with Crippen LogP contribution in [0.4, 0.5) is 5.69 Å². The zero-order valence-electron chi connectivity index (χ0n) is 10.4. The average molecular weight is 259 g/mol. The van der Waals surface area contributed by atoms with Gasteiger partial charge in [0.2, 0.25) is 0 Å². The zero-order valence-corrected chi connectivity index (χ0v) is 10.4. The van der Waals surface area contributed by atoms with Gasteiger partial charge in [-0.1, -0.05) is 18.2 Å². The maximum atomic E-state index is 11.9. The third kappa shape index (κ3) is 3.22. The van der Waals surface area contributed by atoms with Crippen LogP contribution in [0.1, 0.15) is 15.9 Å². The van der Waals surface area contributed by atoms with Crippen LogP contribution in [0.15, 0.2) is 47.3 Å². The molecule has 0 aliphatic heterocycles. The van der Waals surface area contributed by atoms with Crippen LogP contribution in [-0.4, -0.2) is 19.0 Å². The molecule has 1 aromatic carbocycles. The molecular formula is C14H13NO4. The lowest BCUT2D eigenvalue weighted by molar-refractivity contribution is -0.139. The predicted molar refractivity (Wildman–Crippen MR) is 68.8 cm³/mol. The second kappa shape index (κ2) is 5.86. The van der Waals surface area contributed by atoms with E-state index < -0.39 is 0 Å². The van der Waals surface area contributed by atoms with Gasteiger partial charge in [-0.15, -0.1) is 0 Å². The van der Waals surface area contributed by atoms with Gasteiger partial charge in [-0.3, -0.25) is 9.59 Å². The first-order chi connectivity index (χ1) is 9.20. The number of furan rings is 1. The van der Waals surface area contributed by atoms with Gasteiger partial charge in [0.1, 0.15) is 6.26 Å². The molecule has 0 saturated heterocycles. The Balaban J connectivity index is 2.16. The summed E-state index contributed by atoms with van der Waals surface area (Å²) in [6.45, 7) is 0. The lowest BCUT2D eigenvalue weighted by atomic mass is 10.1. The van der Waals surface area contributed by atoms with E-state index in [1.54, 1.807) is 30.3 Å². The molecule has 98 valence electrons. The molecule has 1 aromatic heterocycles. The molecular weight excluding hydrogens is 246 g/mol. The fraction of sp³-hybridized carbons (Fsp3) is 0.143. The summed E-state index contributed by atoms with van der Waals surface area (Å²) in [5.41, 5.74) is 1.71. The summed E-state index contributed by atoms with van der Waals surface area (Å²) in [7, 11) is 1.33. The lowest BCUT2D eigenvalue weighted by Crippen LogP contribution is -2.14. The molecule has 0 bridgehead atoms. The number of para-hydroxylation sites is 1. The lowest BCUT2D eigenvalue weighted by Gasteiger charge is -2.09. The molecule has 5 heteroatoms. The van der Waals surface area contributed by atoms with Crippen molar-refractivity contribution in [3.63, 3.8) is 0 Å². The summed E-state index contributed by atoms with van der Waals surface area (Å²) in [5, 5.41) is 2.74. The van der Waals surface area contributed by atoms with Crippen LogP contribution in [-0.2, 0) is 16.0 Å². The second-order valence-corrected chi connectivity index (χ2v) is 3.88. The van der Waals surface area contributed by atoms with Gasteiger partial charge >= 0.3 is 5.97 Å². The Morgan fingerprint density at radius 3 is 2.74 bits per heavy atom. The van der Waals surface area contributed by atoms with Crippen molar-refractivity contribution < 1.29 is 18.7 Å². The van der Waals surface area contributed by atoms with Crippen molar-refractivity contribution in [1.29, 1.82) is 0 Å². The highest BCUT2D eigenvalue weighted by Crippen LogP contribution is 2.17. The van der Waals surface area contributed by atoms with Crippen molar-refractivity contribution in [3.8, 4) is 0 Å². The number of hydrogen-bond acceptors (Lipinski definition) is 4. The number of rotatable bonds is 4. The first kappa shape index (κ1) is 12.9. The first-order valence-electron chi connectivity index (χ1n) is 5.69. The summed E-state index contributed by atoms with van der Waals surface area (Å²) in [6.07, 6.45) is 2.89. The van der Waals surface area contributed by atoms with Gasteiger partial charge in [-0.05, 0) is 17.7 Å². The minimum Gasteiger partial charge on any atom is -0.472 e. The van der Waals surface area contributed by atoms with E-state index >= 15 is 0 Å². The van der Waals surface area contributed by atoms with Crippen molar-refractivity contribution in [3.05, 3.63) is 54.0 Å². The fourth-order valence-electron chi connectivity index (χ4n) is 1.61. The molecule has 0 atom stereocenters. The summed E-state index contributed by atoms with van der Waals surface area (Å²) in [6, 6.07) is 8.65. The highest BCUT2D eigenvalue weighted by Gasteiger charge is 2.12. The Morgan fingerprint density at radius 2 is 2.05 bits per heavy atom. The molecule has 0 aliphatic rings. The largest absolute Gasteiger partial charge is 0.472 e. The molecule has 0 fully saturated rings. The summed E-state index contributed by atoms with van der Waals surface area (Å²) in [5.74, 6) is -0.643. The van der Waals surface area contributed by atoms with Gasteiger partial charge in [-0.25, -0.2) is 0 Å². The number of nitrogens with one attached hydrogen (secondary N) is 1. The summed E-state index contributed by atoms with van der Waals surface area (Å²) in [4.78, 5) is 23.2. The van der Waals surface area contributed by atoms with Gasteiger partial charge in [0.05, 0.1) is 25.4 Å². The van der Waals surface area contributed by atoms with E-state index in [2.05, 4.69) is 10.1 Å². The maximum absolute atomic E-state index is 11.9. The molecule has 0 spiro atoms. The number of amides is 1. The normalized spacial score (nSPS) is 9.95. The number of carbonyl (C=O) groups is 2. The van der Waals surface area contributed by atoms with E-state index in [0.29, 0.717) is 16.8 Å². The molecule has 1 heterocycles. The maximum Gasteiger partial charge on any atom is 0.310 e. The number of carbonyl (C=O) groups excluding carboxylic acids is 2. The van der Waals surface area contributed by atoms with Crippen LogP contribution in [0.3, 0.4) is 0 Å².